The Morgan fingerprint density at radius 2 is 1.96 bits per heavy atom. The lowest BCUT2D eigenvalue weighted by Crippen LogP contribution is -2.43. The Labute approximate surface area is 138 Å². The highest BCUT2D eigenvalue weighted by atomic mass is 19.1. The van der Waals surface area contributed by atoms with Crippen molar-refractivity contribution in [1.82, 2.24) is 5.32 Å². The lowest BCUT2D eigenvalue weighted by atomic mass is 9.81. The number of amides is 1. The number of benzene rings is 1. The van der Waals surface area contributed by atoms with Gasteiger partial charge in [0.15, 0.2) is 0 Å². The van der Waals surface area contributed by atoms with E-state index in [0.717, 1.165) is 12.1 Å². The molecule has 0 saturated heterocycles. The average molecular weight is 341 g/mol. The molecule has 1 aliphatic rings. The topological polar surface area (TPSA) is 86.6 Å². The average Bonchev–Trinajstić information content (AvgIpc) is 2.52. The van der Waals surface area contributed by atoms with Crippen molar-refractivity contribution in [1.29, 1.82) is 0 Å². The minimum Gasteiger partial charge on any atom is -0.481 e. The zero-order chi connectivity index (χ0) is 17.9. The number of rotatable bonds is 5. The van der Waals surface area contributed by atoms with Crippen LogP contribution in [0.2, 0.25) is 0 Å². The van der Waals surface area contributed by atoms with Crippen molar-refractivity contribution in [3.05, 3.63) is 35.4 Å². The summed E-state index contributed by atoms with van der Waals surface area (Å²) < 4.78 is 26.7. The monoisotopic (exact) mass is 341 g/mol. The van der Waals surface area contributed by atoms with E-state index >= 15 is 0 Å². The third kappa shape index (κ3) is 4.29. The van der Waals surface area contributed by atoms with Crippen molar-refractivity contribution in [2.75, 3.05) is 6.54 Å². The Morgan fingerprint density at radius 1 is 1.29 bits per heavy atom. The number of aliphatic carboxylic acids is 1. The summed E-state index contributed by atoms with van der Waals surface area (Å²) in [6, 6.07) is 2.84. The summed E-state index contributed by atoms with van der Waals surface area (Å²) in [5.41, 5.74) is -1.81. The molecule has 5 nitrogen and oxygen atoms in total. The van der Waals surface area contributed by atoms with Crippen molar-refractivity contribution >= 4 is 11.9 Å². The second-order valence-corrected chi connectivity index (χ2v) is 6.51. The van der Waals surface area contributed by atoms with E-state index in [4.69, 9.17) is 5.11 Å². The third-order valence-corrected chi connectivity index (χ3v) is 4.51. The highest BCUT2D eigenvalue weighted by Gasteiger charge is 2.33. The van der Waals surface area contributed by atoms with E-state index in [1.165, 1.54) is 6.92 Å². The first-order valence-electron chi connectivity index (χ1n) is 7.89. The number of carboxylic acid groups (broad SMARTS) is 1. The molecule has 2 rings (SSSR count). The van der Waals surface area contributed by atoms with Crippen molar-refractivity contribution in [2.24, 2.45) is 11.8 Å². The molecule has 1 amide bonds. The summed E-state index contributed by atoms with van der Waals surface area (Å²) in [6.07, 6.45) is 2.05. The number of hydrogen-bond acceptors (Lipinski definition) is 3. The van der Waals surface area contributed by atoms with Gasteiger partial charge >= 0.3 is 5.97 Å². The highest BCUT2D eigenvalue weighted by molar-refractivity contribution is 5.80. The number of carbonyl (C=O) groups is 2. The van der Waals surface area contributed by atoms with Crippen LogP contribution >= 0.6 is 0 Å². The molecule has 3 atom stereocenters. The van der Waals surface area contributed by atoms with Crippen molar-refractivity contribution in [3.8, 4) is 0 Å². The van der Waals surface area contributed by atoms with Gasteiger partial charge in [-0.2, -0.15) is 0 Å². The first-order chi connectivity index (χ1) is 11.2. The lowest BCUT2D eigenvalue weighted by molar-refractivity contribution is -0.144. The van der Waals surface area contributed by atoms with E-state index in [0.29, 0.717) is 25.3 Å². The molecule has 1 aromatic carbocycles. The van der Waals surface area contributed by atoms with Crippen LogP contribution in [0.3, 0.4) is 0 Å². The number of hydrogen-bond donors (Lipinski definition) is 3. The fourth-order valence-electron chi connectivity index (χ4n) is 3.08. The molecule has 7 heteroatoms. The molecule has 0 heterocycles. The van der Waals surface area contributed by atoms with Gasteiger partial charge in [0, 0.05) is 17.5 Å². The molecular formula is C17H21F2NO4. The maximum atomic E-state index is 13.8. The molecule has 0 spiro atoms. The second-order valence-electron chi connectivity index (χ2n) is 6.51. The molecule has 0 aromatic heterocycles. The number of carboxylic acids is 1. The summed E-state index contributed by atoms with van der Waals surface area (Å²) in [4.78, 5) is 23.3. The number of nitrogens with one attached hydrogen (secondary N) is 1. The van der Waals surface area contributed by atoms with Crippen LogP contribution in [0.25, 0.3) is 0 Å². The van der Waals surface area contributed by atoms with Gasteiger partial charge in [-0.15, -0.1) is 0 Å². The van der Waals surface area contributed by atoms with Gasteiger partial charge in [0.1, 0.15) is 17.2 Å². The molecule has 1 aromatic rings. The quantitative estimate of drug-likeness (QED) is 0.766. The molecule has 0 radical (unpaired) electrons. The van der Waals surface area contributed by atoms with Gasteiger partial charge in [0.05, 0.1) is 12.5 Å². The lowest BCUT2D eigenvalue weighted by Gasteiger charge is -2.29. The minimum atomic E-state index is -1.70. The van der Waals surface area contributed by atoms with Crippen LogP contribution < -0.4 is 5.32 Å². The predicted octanol–water partition coefficient (Wildman–Crippen LogP) is 2.18. The standard InChI is InChI=1S/C17H21F2NO4/c1-17(24,13-6-5-12(18)8-14(13)19)9-20-15(21)10-3-2-4-11(7-10)16(22)23/h5-6,8,10-11,24H,2-4,7,9H2,1H3,(H,20,21)(H,22,23). The molecule has 24 heavy (non-hydrogen) atoms. The van der Waals surface area contributed by atoms with Gasteiger partial charge in [-0.1, -0.05) is 12.5 Å². The number of carbonyl (C=O) groups excluding carboxylic acids is 1. The molecule has 1 fully saturated rings. The normalized spacial score (nSPS) is 23.3. The predicted molar refractivity (Wildman–Crippen MR) is 82.0 cm³/mol. The van der Waals surface area contributed by atoms with Crippen LogP contribution in [0.5, 0.6) is 0 Å². The molecule has 3 unspecified atom stereocenters. The summed E-state index contributed by atoms with van der Waals surface area (Å²) in [5.74, 6) is -3.88. The van der Waals surface area contributed by atoms with E-state index in [1.807, 2.05) is 0 Å². The van der Waals surface area contributed by atoms with Crippen LogP contribution in [-0.2, 0) is 15.2 Å². The minimum absolute atomic E-state index is 0.115. The zero-order valence-corrected chi connectivity index (χ0v) is 13.4. The summed E-state index contributed by atoms with van der Waals surface area (Å²) in [7, 11) is 0. The molecule has 3 N–H and O–H groups in total. The molecular weight excluding hydrogens is 320 g/mol. The first-order valence-corrected chi connectivity index (χ1v) is 7.89. The van der Waals surface area contributed by atoms with E-state index < -0.39 is 35.0 Å². The molecule has 0 aliphatic heterocycles. The van der Waals surface area contributed by atoms with Gasteiger partial charge in [0.25, 0.3) is 0 Å². The maximum Gasteiger partial charge on any atom is 0.306 e. The maximum absolute atomic E-state index is 13.8. The van der Waals surface area contributed by atoms with Crippen LogP contribution in [0, 0.1) is 23.5 Å². The number of aliphatic hydroxyl groups is 1. The van der Waals surface area contributed by atoms with Crippen molar-refractivity contribution in [3.63, 3.8) is 0 Å². The molecule has 0 bridgehead atoms. The van der Waals surface area contributed by atoms with Gasteiger partial charge in [0.2, 0.25) is 5.91 Å². The Morgan fingerprint density at radius 3 is 2.58 bits per heavy atom. The highest BCUT2D eigenvalue weighted by Crippen LogP contribution is 2.30. The van der Waals surface area contributed by atoms with E-state index in [9.17, 15) is 23.5 Å². The Kier molecular flexibility index (Phi) is 5.54. The molecule has 132 valence electrons. The first kappa shape index (κ1) is 18.3. The van der Waals surface area contributed by atoms with Crippen LogP contribution in [-0.4, -0.2) is 28.6 Å². The Balaban J connectivity index is 1.98. The Bertz CT molecular complexity index is 633. The zero-order valence-electron chi connectivity index (χ0n) is 13.4. The smallest absolute Gasteiger partial charge is 0.306 e. The van der Waals surface area contributed by atoms with Crippen LogP contribution in [0.15, 0.2) is 18.2 Å². The number of halogens is 2. The second kappa shape index (κ2) is 7.25. The van der Waals surface area contributed by atoms with Gasteiger partial charge in [-0.25, -0.2) is 8.78 Å². The van der Waals surface area contributed by atoms with Crippen molar-refractivity contribution in [2.45, 2.75) is 38.2 Å². The van der Waals surface area contributed by atoms with Crippen LogP contribution in [0.4, 0.5) is 8.78 Å². The van der Waals surface area contributed by atoms with E-state index in [-0.39, 0.29) is 24.4 Å². The summed E-state index contributed by atoms with van der Waals surface area (Å²) >= 11 is 0. The molecule has 1 aliphatic carbocycles. The van der Waals surface area contributed by atoms with Gasteiger partial charge in [-0.3, -0.25) is 9.59 Å². The van der Waals surface area contributed by atoms with E-state index in [1.54, 1.807) is 0 Å². The fraction of sp³-hybridized carbons (Fsp3) is 0.529. The largest absolute Gasteiger partial charge is 0.481 e. The SMILES string of the molecule is CC(O)(CNC(=O)C1CCCC(C(=O)O)C1)c1ccc(F)cc1F. The van der Waals surface area contributed by atoms with Crippen molar-refractivity contribution < 1.29 is 28.6 Å². The molecule has 1 saturated carbocycles. The summed E-state index contributed by atoms with van der Waals surface area (Å²) in [6.45, 7) is 1.08. The van der Waals surface area contributed by atoms with Gasteiger partial charge in [-0.05, 0) is 32.3 Å². The van der Waals surface area contributed by atoms with Gasteiger partial charge < -0.3 is 15.5 Å². The fourth-order valence-corrected chi connectivity index (χ4v) is 3.08. The van der Waals surface area contributed by atoms with E-state index in [2.05, 4.69) is 5.32 Å². The van der Waals surface area contributed by atoms with Crippen LogP contribution in [0.1, 0.15) is 38.2 Å². The third-order valence-electron chi connectivity index (χ3n) is 4.51. The Hall–Kier alpha value is -2.02. The summed E-state index contributed by atoms with van der Waals surface area (Å²) in [5, 5.41) is 22.0.